The van der Waals surface area contributed by atoms with Gasteiger partial charge in [0.05, 0.1) is 6.10 Å². The van der Waals surface area contributed by atoms with Crippen LogP contribution < -0.4 is 5.32 Å². The first-order chi connectivity index (χ1) is 4.33. The molecule has 0 aromatic carbocycles. The van der Waals surface area contributed by atoms with Gasteiger partial charge < -0.3 is 10.4 Å². The van der Waals surface area contributed by atoms with Gasteiger partial charge in [-0.25, -0.2) is 0 Å². The Kier molecular flexibility index (Phi) is 2.49. The Morgan fingerprint density at radius 3 is 2.78 bits per heavy atom. The monoisotopic (exact) mass is 129 g/mol. The van der Waals surface area contributed by atoms with Gasteiger partial charge in [0.2, 0.25) is 0 Å². The second kappa shape index (κ2) is 3.18. The van der Waals surface area contributed by atoms with Crippen LogP contribution in [-0.4, -0.2) is 23.8 Å². The predicted molar refractivity (Wildman–Crippen MR) is 37.3 cm³/mol. The van der Waals surface area contributed by atoms with E-state index in [-0.39, 0.29) is 6.10 Å². The van der Waals surface area contributed by atoms with Gasteiger partial charge in [-0.05, 0) is 25.8 Å². The minimum atomic E-state index is -0.0333. The van der Waals surface area contributed by atoms with Crippen LogP contribution in [0.1, 0.15) is 26.2 Å². The van der Waals surface area contributed by atoms with Gasteiger partial charge in [0.1, 0.15) is 0 Å². The summed E-state index contributed by atoms with van der Waals surface area (Å²) in [6.07, 6.45) is 3.05. The van der Waals surface area contributed by atoms with E-state index in [1.165, 1.54) is 0 Å². The van der Waals surface area contributed by atoms with Crippen LogP contribution in [0.3, 0.4) is 0 Å². The first-order valence-corrected chi connectivity index (χ1v) is 3.74. The topological polar surface area (TPSA) is 32.3 Å². The fourth-order valence-corrected chi connectivity index (χ4v) is 1.43. The first-order valence-electron chi connectivity index (χ1n) is 3.74. The highest BCUT2D eigenvalue weighted by Crippen LogP contribution is 2.18. The first kappa shape index (κ1) is 7.03. The average Bonchev–Trinajstić information content (AvgIpc) is 2.17. The van der Waals surface area contributed by atoms with E-state index in [2.05, 4.69) is 12.2 Å². The third-order valence-electron chi connectivity index (χ3n) is 1.90. The zero-order valence-electron chi connectivity index (χ0n) is 5.93. The molecule has 0 aliphatic heterocycles. The van der Waals surface area contributed by atoms with Gasteiger partial charge in [0.15, 0.2) is 0 Å². The van der Waals surface area contributed by atoms with Crippen LogP contribution in [-0.2, 0) is 0 Å². The van der Waals surface area contributed by atoms with E-state index in [0.717, 1.165) is 25.8 Å². The molecule has 0 radical (unpaired) electrons. The molecule has 0 aromatic heterocycles. The molecule has 0 aromatic rings. The van der Waals surface area contributed by atoms with E-state index in [1.54, 1.807) is 0 Å². The summed E-state index contributed by atoms with van der Waals surface area (Å²) in [6.45, 7) is 3.13. The van der Waals surface area contributed by atoms with Crippen LogP contribution in [0.2, 0.25) is 0 Å². The van der Waals surface area contributed by atoms with Crippen molar-refractivity contribution in [3.8, 4) is 0 Å². The lowest BCUT2D eigenvalue weighted by Crippen LogP contribution is -2.26. The number of aliphatic hydroxyl groups excluding tert-OH is 1. The van der Waals surface area contributed by atoms with Gasteiger partial charge >= 0.3 is 0 Å². The fraction of sp³-hybridized carbons (Fsp3) is 1.00. The molecule has 1 fully saturated rings. The highest BCUT2D eigenvalue weighted by atomic mass is 16.3. The number of rotatable bonds is 2. The third-order valence-corrected chi connectivity index (χ3v) is 1.90. The number of nitrogens with one attached hydrogen (secondary N) is 1. The van der Waals surface area contributed by atoms with Gasteiger partial charge in [0.25, 0.3) is 0 Å². The van der Waals surface area contributed by atoms with Crippen molar-refractivity contribution < 1.29 is 5.11 Å². The molecule has 1 rings (SSSR count). The Morgan fingerprint density at radius 2 is 2.33 bits per heavy atom. The summed E-state index contributed by atoms with van der Waals surface area (Å²) >= 11 is 0. The fourth-order valence-electron chi connectivity index (χ4n) is 1.43. The van der Waals surface area contributed by atoms with E-state index in [9.17, 15) is 0 Å². The molecule has 0 heterocycles. The molecule has 1 aliphatic carbocycles. The Balaban J connectivity index is 2.14. The molecule has 1 saturated carbocycles. The largest absolute Gasteiger partial charge is 0.393 e. The van der Waals surface area contributed by atoms with Crippen molar-refractivity contribution in [2.24, 2.45) is 0 Å². The number of aliphatic hydroxyl groups is 1. The van der Waals surface area contributed by atoms with Gasteiger partial charge in [0, 0.05) is 6.04 Å². The highest BCUT2D eigenvalue weighted by molar-refractivity contribution is 4.79. The zero-order valence-corrected chi connectivity index (χ0v) is 5.93. The molecule has 0 spiro atoms. The quantitative estimate of drug-likeness (QED) is 0.569. The Labute approximate surface area is 56.3 Å². The summed E-state index contributed by atoms with van der Waals surface area (Å²) < 4.78 is 0. The maximum Gasteiger partial charge on any atom is 0.0555 e. The molecule has 0 saturated heterocycles. The van der Waals surface area contributed by atoms with Crippen LogP contribution in [0.5, 0.6) is 0 Å². The molecule has 0 bridgehead atoms. The van der Waals surface area contributed by atoms with Gasteiger partial charge in [-0.15, -0.1) is 0 Å². The number of hydrogen-bond donors (Lipinski definition) is 2. The molecule has 2 heteroatoms. The summed E-state index contributed by atoms with van der Waals surface area (Å²) in [5, 5.41) is 12.4. The van der Waals surface area contributed by atoms with Crippen molar-refractivity contribution in [1.82, 2.24) is 5.32 Å². The van der Waals surface area contributed by atoms with Crippen LogP contribution >= 0.6 is 0 Å². The molecule has 9 heavy (non-hydrogen) atoms. The minimum absolute atomic E-state index is 0.0333. The molecule has 2 atom stereocenters. The molecular formula is C7H15NO. The maximum absolute atomic E-state index is 9.09. The van der Waals surface area contributed by atoms with Crippen molar-refractivity contribution >= 4 is 0 Å². The maximum atomic E-state index is 9.09. The molecule has 54 valence electrons. The van der Waals surface area contributed by atoms with Crippen molar-refractivity contribution in [2.75, 3.05) is 6.54 Å². The van der Waals surface area contributed by atoms with E-state index in [1.807, 2.05) is 0 Å². The Hall–Kier alpha value is -0.0800. The smallest absolute Gasteiger partial charge is 0.0555 e. The standard InChI is InChI=1S/C7H15NO/c1-2-8-6-3-4-7(9)5-6/h6-9H,2-5H2,1H3/t6-,7-/m0/s1. The van der Waals surface area contributed by atoms with E-state index < -0.39 is 0 Å². The van der Waals surface area contributed by atoms with Crippen LogP contribution in [0.4, 0.5) is 0 Å². The molecule has 0 amide bonds. The lowest BCUT2D eigenvalue weighted by molar-refractivity contribution is 0.180. The second-order valence-corrected chi connectivity index (χ2v) is 2.72. The van der Waals surface area contributed by atoms with Crippen molar-refractivity contribution in [1.29, 1.82) is 0 Å². The van der Waals surface area contributed by atoms with Gasteiger partial charge in [-0.3, -0.25) is 0 Å². The van der Waals surface area contributed by atoms with Gasteiger partial charge in [-0.1, -0.05) is 6.92 Å². The summed E-state index contributed by atoms with van der Waals surface area (Å²) in [6, 6.07) is 0.588. The molecule has 2 nitrogen and oxygen atoms in total. The van der Waals surface area contributed by atoms with E-state index in [0.29, 0.717) is 6.04 Å². The van der Waals surface area contributed by atoms with Crippen molar-refractivity contribution in [3.63, 3.8) is 0 Å². The Bertz CT molecular complexity index is 83.0. The summed E-state index contributed by atoms with van der Waals surface area (Å²) in [5.41, 5.74) is 0. The summed E-state index contributed by atoms with van der Waals surface area (Å²) in [5.74, 6) is 0. The molecule has 1 aliphatic rings. The molecule has 0 unspecified atom stereocenters. The van der Waals surface area contributed by atoms with Gasteiger partial charge in [-0.2, -0.15) is 0 Å². The SMILES string of the molecule is CCN[C@H]1CC[C@H](O)C1. The van der Waals surface area contributed by atoms with E-state index >= 15 is 0 Å². The van der Waals surface area contributed by atoms with Crippen LogP contribution in [0.15, 0.2) is 0 Å². The minimum Gasteiger partial charge on any atom is -0.393 e. The second-order valence-electron chi connectivity index (χ2n) is 2.72. The van der Waals surface area contributed by atoms with Crippen molar-refractivity contribution in [3.05, 3.63) is 0 Å². The average molecular weight is 129 g/mol. The van der Waals surface area contributed by atoms with Crippen molar-refractivity contribution in [2.45, 2.75) is 38.3 Å². The van der Waals surface area contributed by atoms with E-state index in [4.69, 9.17) is 5.11 Å². The third kappa shape index (κ3) is 1.95. The van der Waals surface area contributed by atoms with Crippen LogP contribution in [0, 0.1) is 0 Å². The Morgan fingerprint density at radius 1 is 1.56 bits per heavy atom. The highest BCUT2D eigenvalue weighted by Gasteiger charge is 2.20. The molecule has 2 N–H and O–H groups in total. The normalized spacial score (nSPS) is 35.3. The summed E-state index contributed by atoms with van der Waals surface area (Å²) in [4.78, 5) is 0. The lowest BCUT2D eigenvalue weighted by Gasteiger charge is -2.08. The molecular weight excluding hydrogens is 114 g/mol. The van der Waals surface area contributed by atoms with Crippen LogP contribution in [0.25, 0.3) is 0 Å². The zero-order chi connectivity index (χ0) is 6.69. The predicted octanol–water partition coefficient (Wildman–Crippen LogP) is 0.509. The lowest BCUT2D eigenvalue weighted by atomic mass is 10.2. The summed E-state index contributed by atoms with van der Waals surface area (Å²) in [7, 11) is 0. The number of hydrogen-bond acceptors (Lipinski definition) is 2.